The SMILES string of the molecule is CC(C)(C)OC(=O)N1C[C@H](OC(=O)N2CC3=C(CCC=C3)C2)C[C@H]1C(N)=O. The highest BCUT2D eigenvalue weighted by molar-refractivity contribution is 5.85. The van der Waals surface area contributed by atoms with Crippen LogP contribution in [0, 0.1) is 0 Å². The first-order valence-electron chi connectivity index (χ1n) is 9.26. The molecule has 0 aromatic rings. The number of hydrogen-bond donors (Lipinski definition) is 1. The molecule has 3 aliphatic rings. The first-order chi connectivity index (χ1) is 12.6. The fraction of sp³-hybridized carbons (Fsp3) is 0.632. The second-order valence-electron chi connectivity index (χ2n) is 8.22. The van der Waals surface area contributed by atoms with Crippen molar-refractivity contribution in [2.45, 2.75) is 57.8 Å². The third-order valence-electron chi connectivity index (χ3n) is 4.87. The van der Waals surface area contributed by atoms with Crippen LogP contribution in [0.15, 0.2) is 23.3 Å². The van der Waals surface area contributed by atoms with E-state index in [-0.39, 0.29) is 13.0 Å². The van der Waals surface area contributed by atoms with Crippen molar-refractivity contribution in [3.8, 4) is 0 Å². The predicted octanol–water partition coefficient (Wildman–Crippen LogP) is 1.95. The molecule has 2 atom stereocenters. The highest BCUT2D eigenvalue weighted by Gasteiger charge is 2.43. The molecule has 0 bridgehead atoms. The van der Waals surface area contributed by atoms with Crippen LogP contribution in [0.5, 0.6) is 0 Å². The van der Waals surface area contributed by atoms with E-state index in [1.54, 1.807) is 25.7 Å². The van der Waals surface area contributed by atoms with Crippen molar-refractivity contribution >= 4 is 18.1 Å². The van der Waals surface area contributed by atoms with Crippen LogP contribution in [0.3, 0.4) is 0 Å². The number of primary amides is 1. The molecule has 1 fully saturated rings. The van der Waals surface area contributed by atoms with Crippen molar-refractivity contribution in [1.29, 1.82) is 0 Å². The summed E-state index contributed by atoms with van der Waals surface area (Å²) in [5.74, 6) is -0.636. The van der Waals surface area contributed by atoms with Crippen molar-refractivity contribution in [2.75, 3.05) is 19.6 Å². The molecule has 0 aromatic heterocycles. The van der Waals surface area contributed by atoms with Gasteiger partial charge in [0.15, 0.2) is 0 Å². The number of carbonyl (C=O) groups excluding carboxylic acids is 3. The minimum Gasteiger partial charge on any atom is -0.444 e. The zero-order valence-electron chi connectivity index (χ0n) is 16.1. The van der Waals surface area contributed by atoms with Gasteiger partial charge in [-0.1, -0.05) is 12.2 Å². The lowest BCUT2D eigenvalue weighted by Gasteiger charge is -2.27. The van der Waals surface area contributed by atoms with Gasteiger partial charge in [0.05, 0.1) is 6.54 Å². The van der Waals surface area contributed by atoms with Gasteiger partial charge in [0, 0.05) is 19.5 Å². The topological polar surface area (TPSA) is 102 Å². The monoisotopic (exact) mass is 377 g/mol. The van der Waals surface area contributed by atoms with Crippen molar-refractivity contribution in [3.63, 3.8) is 0 Å². The van der Waals surface area contributed by atoms with E-state index in [0.717, 1.165) is 12.8 Å². The lowest BCUT2D eigenvalue weighted by molar-refractivity contribution is -0.122. The fourth-order valence-electron chi connectivity index (χ4n) is 3.62. The van der Waals surface area contributed by atoms with Gasteiger partial charge < -0.3 is 15.2 Å². The Hall–Kier alpha value is -2.51. The van der Waals surface area contributed by atoms with E-state index in [0.29, 0.717) is 13.1 Å². The molecule has 2 aliphatic heterocycles. The summed E-state index contributed by atoms with van der Waals surface area (Å²) in [6.45, 7) is 6.43. The van der Waals surface area contributed by atoms with Gasteiger partial charge in [0.25, 0.3) is 0 Å². The highest BCUT2D eigenvalue weighted by atomic mass is 16.6. The standard InChI is InChI=1S/C19H27N3O5/c1-19(2,3)27-18(25)22-11-14(8-15(22)16(20)23)26-17(24)21-9-12-6-4-5-7-13(12)10-21/h4,6,14-15H,5,7-11H2,1-3H3,(H2,20,23)/t14-,15+/m1/s1. The van der Waals surface area contributed by atoms with Gasteiger partial charge in [-0.2, -0.15) is 0 Å². The molecule has 0 unspecified atom stereocenters. The van der Waals surface area contributed by atoms with E-state index < -0.39 is 35.8 Å². The zero-order valence-corrected chi connectivity index (χ0v) is 16.1. The number of ether oxygens (including phenoxy) is 2. The molecule has 2 N–H and O–H groups in total. The summed E-state index contributed by atoms with van der Waals surface area (Å²) in [7, 11) is 0. The molecule has 0 aromatic carbocycles. The van der Waals surface area contributed by atoms with E-state index in [4.69, 9.17) is 15.2 Å². The third kappa shape index (κ3) is 4.43. The predicted molar refractivity (Wildman–Crippen MR) is 97.8 cm³/mol. The smallest absolute Gasteiger partial charge is 0.411 e. The molecule has 1 aliphatic carbocycles. The summed E-state index contributed by atoms with van der Waals surface area (Å²) in [4.78, 5) is 39.5. The highest BCUT2D eigenvalue weighted by Crippen LogP contribution is 2.28. The maximum absolute atomic E-state index is 12.5. The van der Waals surface area contributed by atoms with Crippen molar-refractivity contribution in [2.24, 2.45) is 5.73 Å². The number of allylic oxidation sites excluding steroid dienone is 1. The average molecular weight is 377 g/mol. The van der Waals surface area contributed by atoms with Crippen LogP contribution in [-0.4, -0.2) is 65.3 Å². The number of hydrogen-bond acceptors (Lipinski definition) is 5. The Balaban J connectivity index is 1.59. The first kappa shape index (κ1) is 19.3. The van der Waals surface area contributed by atoms with Crippen molar-refractivity contribution in [3.05, 3.63) is 23.3 Å². The summed E-state index contributed by atoms with van der Waals surface area (Å²) < 4.78 is 10.9. The second kappa shape index (κ2) is 7.25. The summed E-state index contributed by atoms with van der Waals surface area (Å²) in [6.07, 6.45) is 4.67. The number of nitrogens with two attached hydrogens (primary N) is 1. The molecule has 27 heavy (non-hydrogen) atoms. The van der Waals surface area contributed by atoms with Crippen LogP contribution in [0.1, 0.15) is 40.0 Å². The Morgan fingerprint density at radius 1 is 1.19 bits per heavy atom. The van der Waals surface area contributed by atoms with Crippen LogP contribution in [0.2, 0.25) is 0 Å². The largest absolute Gasteiger partial charge is 0.444 e. The molecule has 3 amide bonds. The average Bonchev–Trinajstić information content (AvgIpc) is 3.17. The minimum absolute atomic E-state index is 0.0924. The maximum Gasteiger partial charge on any atom is 0.411 e. The number of carbonyl (C=O) groups is 3. The van der Waals surface area contributed by atoms with Crippen LogP contribution in [-0.2, 0) is 14.3 Å². The van der Waals surface area contributed by atoms with Gasteiger partial charge in [-0.25, -0.2) is 9.59 Å². The minimum atomic E-state index is -0.842. The molecular formula is C19H27N3O5. The van der Waals surface area contributed by atoms with Gasteiger partial charge in [0.1, 0.15) is 17.7 Å². The van der Waals surface area contributed by atoms with Gasteiger partial charge in [-0.3, -0.25) is 14.6 Å². The lowest BCUT2D eigenvalue weighted by Crippen LogP contribution is -2.45. The summed E-state index contributed by atoms with van der Waals surface area (Å²) in [5, 5.41) is 0. The van der Waals surface area contributed by atoms with E-state index in [2.05, 4.69) is 12.2 Å². The molecule has 0 radical (unpaired) electrons. The second-order valence-corrected chi connectivity index (χ2v) is 8.22. The normalized spacial score (nSPS) is 24.9. The van der Waals surface area contributed by atoms with E-state index >= 15 is 0 Å². The van der Waals surface area contributed by atoms with Crippen LogP contribution < -0.4 is 5.73 Å². The Morgan fingerprint density at radius 2 is 1.93 bits per heavy atom. The van der Waals surface area contributed by atoms with Gasteiger partial charge in [-0.05, 0) is 44.8 Å². The van der Waals surface area contributed by atoms with Crippen molar-refractivity contribution in [1.82, 2.24) is 9.80 Å². The molecule has 8 heteroatoms. The number of nitrogens with zero attached hydrogens (tertiary/aromatic N) is 2. The molecule has 0 saturated carbocycles. The number of amides is 3. The Morgan fingerprint density at radius 3 is 2.56 bits per heavy atom. The molecule has 1 saturated heterocycles. The maximum atomic E-state index is 12.5. The number of likely N-dealkylation sites (tertiary alicyclic amines) is 1. The van der Waals surface area contributed by atoms with E-state index in [1.165, 1.54) is 16.0 Å². The molecule has 2 heterocycles. The summed E-state index contributed by atoms with van der Waals surface area (Å²) in [5.41, 5.74) is 7.18. The van der Waals surface area contributed by atoms with E-state index in [1.807, 2.05) is 0 Å². The third-order valence-corrected chi connectivity index (χ3v) is 4.87. The van der Waals surface area contributed by atoms with Gasteiger partial charge >= 0.3 is 12.2 Å². The molecule has 8 nitrogen and oxygen atoms in total. The van der Waals surface area contributed by atoms with Crippen LogP contribution >= 0.6 is 0 Å². The Kier molecular flexibility index (Phi) is 5.17. The summed E-state index contributed by atoms with van der Waals surface area (Å²) >= 11 is 0. The Labute approximate surface area is 158 Å². The van der Waals surface area contributed by atoms with Crippen LogP contribution in [0.4, 0.5) is 9.59 Å². The zero-order chi connectivity index (χ0) is 19.8. The molecule has 0 spiro atoms. The fourth-order valence-corrected chi connectivity index (χ4v) is 3.62. The Bertz CT molecular complexity index is 707. The quantitative estimate of drug-likeness (QED) is 0.792. The van der Waals surface area contributed by atoms with Crippen LogP contribution in [0.25, 0.3) is 0 Å². The molecule has 3 rings (SSSR count). The molecule has 148 valence electrons. The van der Waals surface area contributed by atoms with E-state index in [9.17, 15) is 14.4 Å². The van der Waals surface area contributed by atoms with Gasteiger partial charge in [-0.15, -0.1) is 0 Å². The van der Waals surface area contributed by atoms with Crippen molar-refractivity contribution < 1.29 is 23.9 Å². The molecular weight excluding hydrogens is 350 g/mol. The summed E-state index contributed by atoms with van der Waals surface area (Å²) in [6, 6.07) is -0.842. The first-order valence-corrected chi connectivity index (χ1v) is 9.26. The van der Waals surface area contributed by atoms with Gasteiger partial charge in [0.2, 0.25) is 5.91 Å². The number of rotatable bonds is 2. The lowest BCUT2D eigenvalue weighted by atomic mass is 10.0.